The second-order valence-electron chi connectivity index (χ2n) is 6.02. The Morgan fingerprint density at radius 2 is 2.15 bits per heavy atom. The molecule has 0 aliphatic carbocycles. The van der Waals surface area contributed by atoms with Crippen molar-refractivity contribution in [1.29, 1.82) is 0 Å². The maximum Gasteiger partial charge on any atom is 0.223 e. The monoisotopic (exact) mass is 448 g/mol. The van der Waals surface area contributed by atoms with E-state index in [-0.39, 0.29) is 0 Å². The molecule has 0 bridgehead atoms. The van der Waals surface area contributed by atoms with E-state index in [2.05, 4.69) is 26.2 Å². The van der Waals surface area contributed by atoms with Gasteiger partial charge in [-0.2, -0.15) is 0 Å². The Bertz CT molecular complexity index is 815. The predicted molar refractivity (Wildman–Crippen MR) is 97.0 cm³/mol. The number of hydrogen-bond donors (Lipinski definition) is 5. The van der Waals surface area contributed by atoms with Crippen molar-refractivity contribution in [3.63, 3.8) is 0 Å². The molecule has 0 radical (unpaired) electrons. The van der Waals surface area contributed by atoms with Crippen LogP contribution in [0.3, 0.4) is 0 Å². The molecule has 0 saturated carbocycles. The molecular weight excluding hydrogens is 432 g/mol. The highest BCUT2D eigenvalue weighted by atomic mass is 79.9. The van der Waals surface area contributed by atoms with Crippen molar-refractivity contribution < 1.29 is 29.6 Å². The van der Waals surface area contributed by atoms with E-state index in [0.717, 1.165) is 5.52 Å². The van der Waals surface area contributed by atoms with E-state index in [9.17, 15) is 20.1 Å². The molecule has 1 aromatic heterocycles. The fourth-order valence-corrected chi connectivity index (χ4v) is 3.39. The van der Waals surface area contributed by atoms with Crippen molar-refractivity contribution >= 4 is 44.3 Å². The van der Waals surface area contributed by atoms with Crippen molar-refractivity contribution in [3.05, 3.63) is 27.8 Å². The standard InChI is InChI=1S/C16H18BrClN2O6/c1-6(22)20-13-15(24)14(23)12(5-21)26-16(13)25-11-4-19-10-3-9(18)8(17)2-7(10)11/h2-4,12-16,19,21,23-24H,5H2,1H3,(H,20,22)/t12-,13+,14+,15-,16+/m0/s1. The van der Waals surface area contributed by atoms with Gasteiger partial charge >= 0.3 is 0 Å². The van der Waals surface area contributed by atoms with E-state index in [1.165, 1.54) is 6.92 Å². The topological polar surface area (TPSA) is 124 Å². The van der Waals surface area contributed by atoms with Crippen LogP contribution in [0.1, 0.15) is 6.92 Å². The molecule has 1 aromatic carbocycles. The van der Waals surface area contributed by atoms with E-state index in [4.69, 9.17) is 21.1 Å². The average molecular weight is 450 g/mol. The fraction of sp³-hybridized carbons (Fsp3) is 0.438. The Hall–Kier alpha value is -1.36. The Balaban J connectivity index is 1.92. The van der Waals surface area contributed by atoms with E-state index >= 15 is 0 Å². The number of H-pyrrole nitrogens is 1. The van der Waals surface area contributed by atoms with Crippen molar-refractivity contribution in [1.82, 2.24) is 10.3 Å². The van der Waals surface area contributed by atoms with Gasteiger partial charge in [0.05, 0.1) is 17.1 Å². The lowest BCUT2D eigenvalue weighted by atomic mass is 9.97. The number of fused-ring (bicyclic) bond motifs is 1. The number of benzene rings is 1. The molecule has 0 spiro atoms. The molecule has 2 aromatic rings. The summed E-state index contributed by atoms with van der Waals surface area (Å²) in [6, 6.07) is 2.45. The molecule has 1 saturated heterocycles. The van der Waals surface area contributed by atoms with Crippen LogP contribution >= 0.6 is 27.5 Å². The minimum atomic E-state index is -1.37. The first-order chi connectivity index (χ1) is 12.3. The number of hydrogen-bond acceptors (Lipinski definition) is 6. The average Bonchev–Trinajstić information content (AvgIpc) is 2.96. The minimum absolute atomic E-state index is 0.401. The third-order valence-electron chi connectivity index (χ3n) is 4.18. The van der Waals surface area contributed by atoms with Gasteiger partial charge in [0.1, 0.15) is 30.1 Å². The molecule has 1 aliphatic heterocycles. The van der Waals surface area contributed by atoms with Crippen LogP contribution < -0.4 is 10.1 Å². The number of carbonyl (C=O) groups is 1. The summed E-state index contributed by atoms with van der Waals surface area (Å²) in [6.45, 7) is 0.763. The summed E-state index contributed by atoms with van der Waals surface area (Å²) in [6.07, 6.45) is -3.32. The Morgan fingerprint density at radius 3 is 2.81 bits per heavy atom. The largest absolute Gasteiger partial charge is 0.460 e. The van der Waals surface area contributed by atoms with Crippen molar-refractivity contribution in [2.24, 2.45) is 0 Å². The van der Waals surface area contributed by atoms with Crippen LogP contribution in [-0.4, -0.2) is 63.5 Å². The molecule has 2 heterocycles. The highest BCUT2D eigenvalue weighted by molar-refractivity contribution is 9.10. The van der Waals surface area contributed by atoms with Crippen LogP contribution in [-0.2, 0) is 9.53 Å². The molecule has 8 nitrogen and oxygen atoms in total. The molecule has 3 rings (SSSR count). The molecule has 5 atom stereocenters. The van der Waals surface area contributed by atoms with Crippen LogP contribution in [0.25, 0.3) is 10.9 Å². The first kappa shape index (κ1) is 19.4. The van der Waals surface area contributed by atoms with Crippen LogP contribution in [0.5, 0.6) is 5.75 Å². The second-order valence-corrected chi connectivity index (χ2v) is 7.28. The summed E-state index contributed by atoms with van der Waals surface area (Å²) >= 11 is 9.42. The van der Waals surface area contributed by atoms with Crippen LogP contribution in [0.15, 0.2) is 22.8 Å². The molecule has 10 heteroatoms. The maximum atomic E-state index is 11.5. The van der Waals surface area contributed by atoms with Crippen molar-refractivity contribution in [3.8, 4) is 5.75 Å². The normalized spacial score (nSPS) is 28.9. The van der Waals surface area contributed by atoms with Gasteiger partial charge in [-0.3, -0.25) is 4.79 Å². The van der Waals surface area contributed by atoms with Gasteiger partial charge in [-0.05, 0) is 28.1 Å². The molecule has 1 amide bonds. The van der Waals surface area contributed by atoms with E-state index < -0.39 is 43.2 Å². The predicted octanol–water partition coefficient (Wildman–Crippen LogP) is 0.906. The fourth-order valence-electron chi connectivity index (χ4n) is 2.88. The summed E-state index contributed by atoms with van der Waals surface area (Å²) in [5.74, 6) is -0.0210. The van der Waals surface area contributed by atoms with Crippen molar-refractivity contribution in [2.75, 3.05) is 6.61 Å². The third kappa shape index (κ3) is 3.68. The number of aromatic nitrogens is 1. The number of nitrogens with one attached hydrogen (secondary N) is 2. The zero-order chi connectivity index (χ0) is 19.0. The molecular formula is C16H18BrClN2O6. The number of aliphatic hydroxyl groups excluding tert-OH is 3. The van der Waals surface area contributed by atoms with E-state index in [1.54, 1.807) is 18.3 Å². The number of aromatic amines is 1. The number of halogens is 2. The minimum Gasteiger partial charge on any atom is -0.460 e. The van der Waals surface area contributed by atoms with E-state index in [0.29, 0.717) is 20.6 Å². The number of rotatable bonds is 4. The van der Waals surface area contributed by atoms with Crippen molar-refractivity contribution in [2.45, 2.75) is 37.6 Å². The SMILES string of the molecule is CC(=O)N[C@H]1[C@H](Oc2c[nH]c3cc(Cl)c(Br)cc23)O[C@@H](CO)[C@@H](O)[C@H]1O. The molecule has 142 valence electrons. The quantitative estimate of drug-likeness (QED) is 0.473. The smallest absolute Gasteiger partial charge is 0.223 e. The number of aliphatic hydroxyl groups is 3. The molecule has 0 unspecified atom stereocenters. The lowest BCUT2D eigenvalue weighted by Gasteiger charge is -2.41. The Morgan fingerprint density at radius 1 is 1.42 bits per heavy atom. The number of carbonyl (C=O) groups excluding carboxylic acids is 1. The number of ether oxygens (including phenoxy) is 2. The van der Waals surface area contributed by atoms with Gasteiger partial charge in [0.2, 0.25) is 12.2 Å². The molecule has 5 N–H and O–H groups in total. The second kappa shape index (κ2) is 7.71. The maximum absolute atomic E-state index is 11.5. The Kier molecular flexibility index (Phi) is 5.75. The van der Waals surface area contributed by atoms with Gasteiger partial charge in [-0.25, -0.2) is 0 Å². The molecule has 1 aliphatic rings. The summed E-state index contributed by atoms with van der Waals surface area (Å²) in [5.41, 5.74) is 0.722. The molecule has 1 fully saturated rings. The van der Waals surface area contributed by atoms with Gasteiger partial charge in [0.25, 0.3) is 0 Å². The van der Waals surface area contributed by atoms with Crippen LogP contribution in [0.2, 0.25) is 5.02 Å². The highest BCUT2D eigenvalue weighted by Gasteiger charge is 2.46. The van der Waals surface area contributed by atoms with Gasteiger partial charge in [0.15, 0.2) is 0 Å². The van der Waals surface area contributed by atoms with Crippen LogP contribution in [0.4, 0.5) is 0 Å². The van der Waals surface area contributed by atoms with Gasteiger partial charge in [-0.15, -0.1) is 0 Å². The van der Waals surface area contributed by atoms with E-state index in [1.807, 2.05) is 0 Å². The van der Waals surface area contributed by atoms with Gasteiger partial charge in [0, 0.05) is 23.0 Å². The first-order valence-corrected chi connectivity index (χ1v) is 9.01. The summed E-state index contributed by atoms with van der Waals surface area (Å²) in [4.78, 5) is 14.5. The Labute approximate surface area is 162 Å². The summed E-state index contributed by atoms with van der Waals surface area (Å²) in [7, 11) is 0. The highest BCUT2D eigenvalue weighted by Crippen LogP contribution is 2.34. The molecule has 26 heavy (non-hydrogen) atoms. The summed E-state index contributed by atoms with van der Waals surface area (Å²) < 4.78 is 12.1. The zero-order valence-corrected chi connectivity index (χ0v) is 16.0. The van der Waals surface area contributed by atoms with Gasteiger partial charge < -0.3 is 35.1 Å². The summed E-state index contributed by atoms with van der Waals surface area (Å²) in [5, 5.41) is 33.5. The first-order valence-electron chi connectivity index (χ1n) is 7.84. The third-order valence-corrected chi connectivity index (χ3v) is 5.38. The van der Waals surface area contributed by atoms with Crippen LogP contribution in [0, 0.1) is 0 Å². The lowest BCUT2D eigenvalue weighted by molar-refractivity contribution is -0.244. The zero-order valence-electron chi connectivity index (χ0n) is 13.6. The van der Waals surface area contributed by atoms with Gasteiger partial charge in [-0.1, -0.05) is 11.6 Å². The number of amides is 1. The lowest BCUT2D eigenvalue weighted by Crippen LogP contribution is -2.65.